The van der Waals surface area contributed by atoms with E-state index in [1.807, 2.05) is 27.7 Å². The van der Waals surface area contributed by atoms with E-state index >= 15 is 0 Å². The van der Waals surface area contributed by atoms with Crippen LogP contribution >= 0.6 is 0 Å². The Labute approximate surface area is 97.9 Å². The molecule has 0 saturated carbocycles. The largest absolute Gasteiger partial charge is 0.376 e. The van der Waals surface area contributed by atoms with Crippen LogP contribution in [0.4, 0.5) is 0 Å². The van der Waals surface area contributed by atoms with Gasteiger partial charge < -0.3 is 15.8 Å². The SMILES string of the molecule is CC1CC(C(=O)NC(C)(C)CN)CC(C)O1. The maximum Gasteiger partial charge on any atom is 0.223 e. The van der Waals surface area contributed by atoms with Gasteiger partial charge in [0.25, 0.3) is 0 Å². The summed E-state index contributed by atoms with van der Waals surface area (Å²) >= 11 is 0. The zero-order chi connectivity index (χ0) is 12.3. The van der Waals surface area contributed by atoms with Crippen LogP contribution in [0.2, 0.25) is 0 Å². The summed E-state index contributed by atoms with van der Waals surface area (Å²) < 4.78 is 5.62. The molecule has 0 aromatic heterocycles. The normalized spacial score (nSPS) is 31.2. The summed E-state index contributed by atoms with van der Waals surface area (Å²) in [7, 11) is 0. The molecule has 4 nitrogen and oxygen atoms in total. The summed E-state index contributed by atoms with van der Waals surface area (Å²) in [4.78, 5) is 12.0. The molecule has 1 amide bonds. The molecule has 4 heteroatoms. The van der Waals surface area contributed by atoms with Crippen LogP contribution in [0.5, 0.6) is 0 Å². The van der Waals surface area contributed by atoms with E-state index in [0.717, 1.165) is 12.8 Å². The Morgan fingerprint density at radius 2 is 1.88 bits per heavy atom. The van der Waals surface area contributed by atoms with Crippen molar-refractivity contribution in [2.24, 2.45) is 11.7 Å². The van der Waals surface area contributed by atoms with Gasteiger partial charge in [0.1, 0.15) is 0 Å². The van der Waals surface area contributed by atoms with Crippen molar-refractivity contribution in [3.63, 3.8) is 0 Å². The van der Waals surface area contributed by atoms with Crippen LogP contribution in [0.3, 0.4) is 0 Å². The van der Waals surface area contributed by atoms with Crippen LogP contribution in [-0.4, -0.2) is 30.2 Å². The van der Waals surface area contributed by atoms with E-state index in [0.29, 0.717) is 6.54 Å². The Bertz CT molecular complexity index is 243. The molecule has 2 unspecified atom stereocenters. The second-order valence-corrected chi connectivity index (χ2v) is 5.50. The van der Waals surface area contributed by atoms with Gasteiger partial charge in [0.15, 0.2) is 0 Å². The molecule has 1 heterocycles. The molecule has 0 aromatic rings. The predicted molar refractivity (Wildman–Crippen MR) is 64.0 cm³/mol. The number of hydrogen-bond donors (Lipinski definition) is 2. The third-order valence-corrected chi connectivity index (χ3v) is 3.04. The van der Waals surface area contributed by atoms with E-state index in [2.05, 4.69) is 5.32 Å². The molecular formula is C12H24N2O2. The molecule has 1 rings (SSSR count). The van der Waals surface area contributed by atoms with E-state index in [4.69, 9.17) is 10.5 Å². The number of carbonyl (C=O) groups is 1. The third-order valence-electron chi connectivity index (χ3n) is 3.04. The lowest BCUT2D eigenvalue weighted by Gasteiger charge is -2.34. The van der Waals surface area contributed by atoms with Crippen molar-refractivity contribution in [3.8, 4) is 0 Å². The first-order valence-electron chi connectivity index (χ1n) is 6.01. The van der Waals surface area contributed by atoms with Gasteiger partial charge in [0, 0.05) is 18.0 Å². The Morgan fingerprint density at radius 3 is 2.31 bits per heavy atom. The lowest BCUT2D eigenvalue weighted by atomic mass is 9.90. The van der Waals surface area contributed by atoms with Crippen LogP contribution in [0.25, 0.3) is 0 Å². The van der Waals surface area contributed by atoms with Gasteiger partial charge in [0.2, 0.25) is 5.91 Å². The molecular weight excluding hydrogens is 204 g/mol. The Morgan fingerprint density at radius 1 is 1.38 bits per heavy atom. The van der Waals surface area contributed by atoms with Gasteiger partial charge in [-0.3, -0.25) is 4.79 Å². The maximum atomic E-state index is 12.0. The molecule has 2 atom stereocenters. The van der Waals surface area contributed by atoms with Crippen molar-refractivity contribution in [2.45, 2.75) is 58.3 Å². The molecule has 1 aliphatic heterocycles. The topological polar surface area (TPSA) is 64.4 Å². The number of amides is 1. The molecule has 1 fully saturated rings. The van der Waals surface area contributed by atoms with Crippen LogP contribution < -0.4 is 11.1 Å². The van der Waals surface area contributed by atoms with E-state index in [1.165, 1.54) is 0 Å². The highest BCUT2D eigenvalue weighted by Crippen LogP contribution is 2.25. The van der Waals surface area contributed by atoms with Gasteiger partial charge in [-0.15, -0.1) is 0 Å². The number of carbonyl (C=O) groups excluding carboxylic acids is 1. The van der Waals surface area contributed by atoms with Gasteiger partial charge >= 0.3 is 0 Å². The quantitative estimate of drug-likeness (QED) is 0.758. The molecule has 16 heavy (non-hydrogen) atoms. The first-order chi connectivity index (χ1) is 7.34. The summed E-state index contributed by atoms with van der Waals surface area (Å²) in [6.07, 6.45) is 1.94. The minimum absolute atomic E-state index is 0.0598. The number of hydrogen-bond acceptors (Lipinski definition) is 3. The zero-order valence-corrected chi connectivity index (χ0v) is 10.7. The third kappa shape index (κ3) is 3.76. The Hall–Kier alpha value is -0.610. The zero-order valence-electron chi connectivity index (χ0n) is 10.7. The molecule has 1 aliphatic rings. The van der Waals surface area contributed by atoms with Crippen LogP contribution in [0.1, 0.15) is 40.5 Å². The fourth-order valence-electron chi connectivity index (χ4n) is 2.11. The van der Waals surface area contributed by atoms with Crippen molar-refractivity contribution in [1.82, 2.24) is 5.32 Å². The van der Waals surface area contributed by atoms with Crippen LogP contribution in [0, 0.1) is 5.92 Å². The highest BCUT2D eigenvalue weighted by atomic mass is 16.5. The van der Waals surface area contributed by atoms with Gasteiger partial charge in [-0.25, -0.2) is 0 Å². The van der Waals surface area contributed by atoms with E-state index in [-0.39, 0.29) is 29.6 Å². The Balaban J connectivity index is 2.53. The number of ether oxygens (including phenoxy) is 1. The number of nitrogens with two attached hydrogens (primary N) is 1. The number of nitrogens with one attached hydrogen (secondary N) is 1. The molecule has 0 spiro atoms. The summed E-state index contributed by atoms with van der Waals surface area (Å²) in [5, 5.41) is 3.00. The highest BCUT2D eigenvalue weighted by Gasteiger charge is 2.31. The second kappa shape index (κ2) is 5.15. The average molecular weight is 228 g/mol. The Kier molecular flexibility index (Phi) is 4.33. The molecule has 0 aliphatic carbocycles. The van der Waals surface area contributed by atoms with Crippen molar-refractivity contribution >= 4 is 5.91 Å². The lowest BCUT2D eigenvalue weighted by Crippen LogP contribution is -2.52. The minimum Gasteiger partial charge on any atom is -0.376 e. The van der Waals surface area contributed by atoms with Gasteiger partial charge in [0.05, 0.1) is 12.2 Å². The second-order valence-electron chi connectivity index (χ2n) is 5.50. The van der Waals surface area contributed by atoms with Crippen molar-refractivity contribution in [1.29, 1.82) is 0 Å². The molecule has 3 N–H and O–H groups in total. The first-order valence-corrected chi connectivity index (χ1v) is 6.01. The van der Waals surface area contributed by atoms with Crippen molar-refractivity contribution < 1.29 is 9.53 Å². The summed E-state index contributed by atoms with van der Waals surface area (Å²) in [6.45, 7) is 8.37. The van der Waals surface area contributed by atoms with Gasteiger partial charge in [-0.2, -0.15) is 0 Å². The highest BCUT2D eigenvalue weighted by molar-refractivity contribution is 5.79. The molecule has 0 bridgehead atoms. The van der Waals surface area contributed by atoms with E-state index < -0.39 is 0 Å². The molecule has 0 aromatic carbocycles. The first kappa shape index (κ1) is 13.5. The standard InChI is InChI=1S/C12H24N2O2/c1-8-5-10(6-9(2)16-8)11(15)14-12(3,4)7-13/h8-10H,5-7,13H2,1-4H3,(H,14,15). The minimum atomic E-state index is -0.318. The molecule has 94 valence electrons. The summed E-state index contributed by atoms with van der Waals surface area (Å²) in [5.41, 5.74) is 5.28. The number of rotatable bonds is 3. The van der Waals surface area contributed by atoms with Gasteiger partial charge in [-0.1, -0.05) is 0 Å². The fourth-order valence-corrected chi connectivity index (χ4v) is 2.11. The monoisotopic (exact) mass is 228 g/mol. The summed E-state index contributed by atoms with van der Waals surface area (Å²) in [5.74, 6) is 0.169. The van der Waals surface area contributed by atoms with Crippen LogP contribution in [-0.2, 0) is 9.53 Å². The van der Waals surface area contributed by atoms with E-state index in [1.54, 1.807) is 0 Å². The van der Waals surface area contributed by atoms with Crippen molar-refractivity contribution in [2.75, 3.05) is 6.54 Å². The van der Waals surface area contributed by atoms with Crippen LogP contribution in [0.15, 0.2) is 0 Å². The smallest absolute Gasteiger partial charge is 0.223 e. The average Bonchev–Trinajstić information content (AvgIpc) is 2.15. The fraction of sp³-hybridized carbons (Fsp3) is 0.917. The van der Waals surface area contributed by atoms with Gasteiger partial charge in [-0.05, 0) is 40.5 Å². The van der Waals surface area contributed by atoms with E-state index in [9.17, 15) is 4.79 Å². The van der Waals surface area contributed by atoms with Crippen molar-refractivity contribution in [3.05, 3.63) is 0 Å². The maximum absolute atomic E-state index is 12.0. The predicted octanol–water partition coefficient (Wildman–Crippen LogP) is 1.04. The lowest BCUT2D eigenvalue weighted by molar-refractivity contribution is -0.134. The molecule has 1 saturated heterocycles. The molecule has 0 radical (unpaired) electrons. The summed E-state index contributed by atoms with van der Waals surface area (Å²) in [6, 6.07) is 0.